The number of aromatic nitrogens is 2. The van der Waals surface area contributed by atoms with E-state index in [0.29, 0.717) is 16.5 Å². The number of nitrogens with zero attached hydrogens (tertiary/aromatic N) is 4. The van der Waals surface area contributed by atoms with Crippen molar-refractivity contribution in [2.45, 2.75) is 45.7 Å². The van der Waals surface area contributed by atoms with E-state index in [1.165, 1.54) is 6.07 Å². The van der Waals surface area contributed by atoms with E-state index in [0.717, 1.165) is 42.0 Å². The molecule has 2 atom stereocenters. The molecule has 1 aliphatic heterocycles. The van der Waals surface area contributed by atoms with Crippen LogP contribution in [0, 0.1) is 24.0 Å². The van der Waals surface area contributed by atoms with Gasteiger partial charge in [-0.2, -0.15) is 0 Å². The molecule has 0 bridgehead atoms. The van der Waals surface area contributed by atoms with E-state index in [1.807, 2.05) is 36.6 Å². The highest BCUT2D eigenvalue weighted by Gasteiger charge is 2.41. The van der Waals surface area contributed by atoms with Gasteiger partial charge in [0, 0.05) is 36.3 Å². The van der Waals surface area contributed by atoms with Crippen LogP contribution in [0.5, 0.6) is 5.75 Å². The summed E-state index contributed by atoms with van der Waals surface area (Å²) in [5.41, 5.74) is 4.62. The summed E-state index contributed by atoms with van der Waals surface area (Å²) in [6.45, 7) is 7.04. The fourth-order valence-electron chi connectivity index (χ4n) is 4.74. The van der Waals surface area contributed by atoms with Gasteiger partial charge in [-0.3, -0.25) is 15.1 Å². The Labute approximate surface area is 204 Å². The van der Waals surface area contributed by atoms with E-state index in [9.17, 15) is 10.1 Å². The van der Waals surface area contributed by atoms with Crippen LogP contribution in [-0.2, 0) is 0 Å². The first-order valence-electron chi connectivity index (χ1n) is 11.4. The minimum absolute atomic E-state index is 0.0181. The van der Waals surface area contributed by atoms with Gasteiger partial charge in [0.2, 0.25) is 0 Å². The Kier molecular flexibility index (Phi) is 6.83. The van der Waals surface area contributed by atoms with E-state index in [4.69, 9.17) is 17.0 Å². The van der Waals surface area contributed by atoms with Crippen LogP contribution in [0.1, 0.15) is 54.5 Å². The molecule has 0 aliphatic carbocycles. The van der Waals surface area contributed by atoms with Gasteiger partial charge in [0.25, 0.3) is 5.69 Å². The molecule has 0 spiro atoms. The third-order valence-electron chi connectivity index (χ3n) is 6.35. The number of benzene rings is 1. The van der Waals surface area contributed by atoms with Crippen molar-refractivity contribution in [1.29, 1.82) is 0 Å². The number of methoxy groups -OCH3 is 1. The quantitative estimate of drug-likeness (QED) is 0.271. The Morgan fingerprint density at radius 1 is 1.24 bits per heavy atom. The zero-order valence-corrected chi connectivity index (χ0v) is 20.6. The second kappa shape index (κ2) is 9.80. The number of aryl methyl sites for hydroxylation is 1. The van der Waals surface area contributed by atoms with Crippen molar-refractivity contribution in [3.63, 3.8) is 0 Å². The van der Waals surface area contributed by atoms with E-state index in [1.54, 1.807) is 25.4 Å². The Hall–Kier alpha value is -3.46. The van der Waals surface area contributed by atoms with Gasteiger partial charge in [0.05, 0.1) is 35.5 Å². The summed E-state index contributed by atoms with van der Waals surface area (Å²) in [4.78, 5) is 17.9. The van der Waals surface area contributed by atoms with Crippen LogP contribution in [-0.4, -0.2) is 38.1 Å². The first-order valence-corrected chi connectivity index (χ1v) is 11.8. The molecule has 34 heavy (non-hydrogen) atoms. The lowest BCUT2D eigenvalue weighted by atomic mass is 9.96. The number of ether oxygens (including phenoxy) is 1. The number of rotatable bonds is 8. The van der Waals surface area contributed by atoms with Crippen molar-refractivity contribution in [3.8, 4) is 11.4 Å². The predicted molar refractivity (Wildman–Crippen MR) is 136 cm³/mol. The largest absolute Gasteiger partial charge is 0.495 e. The summed E-state index contributed by atoms with van der Waals surface area (Å²) in [5.74, 6) is 0.572. The van der Waals surface area contributed by atoms with Crippen LogP contribution in [0.15, 0.2) is 48.7 Å². The molecule has 1 fully saturated rings. The molecule has 4 rings (SSSR count). The summed E-state index contributed by atoms with van der Waals surface area (Å²) in [6, 6.07) is 12.5. The molecule has 0 unspecified atom stereocenters. The summed E-state index contributed by atoms with van der Waals surface area (Å²) in [6.07, 6.45) is 3.87. The van der Waals surface area contributed by atoms with Crippen LogP contribution in [0.4, 0.5) is 5.69 Å². The fraction of sp³-hybridized carbons (Fsp3) is 0.360. The zero-order chi connectivity index (χ0) is 24.4. The third-order valence-corrected chi connectivity index (χ3v) is 6.71. The Bertz CT molecular complexity index is 1210. The topological polar surface area (TPSA) is 85.5 Å². The molecule has 0 amide bonds. The summed E-state index contributed by atoms with van der Waals surface area (Å²) in [5, 5.41) is 15.7. The Balaban J connectivity index is 1.86. The first-order chi connectivity index (χ1) is 16.4. The summed E-state index contributed by atoms with van der Waals surface area (Å²) in [7, 11) is 1.57. The number of thiocarbonyl (C=S) groups is 1. The van der Waals surface area contributed by atoms with Gasteiger partial charge in [-0.1, -0.05) is 19.4 Å². The van der Waals surface area contributed by atoms with Gasteiger partial charge < -0.3 is 19.5 Å². The van der Waals surface area contributed by atoms with Crippen molar-refractivity contribution in [2.24, 2.45) is 0 Å². The highest BCUT2D eigenvalue weighted by molar-refractivity contribution is 7.80. The number of pyridine rings is 1. The molecule has 8 nitrogen and oxygen atoms in total. The Morgan fingerprint density at radius 3 is 2.68 bits per heavy atom. The van der Waals surface area contributed by atoms with E-state index >= 15 is 0 Å². The first kappa shape index (κ1) is 23.7. The molecule has 0 radical (unpaired) electrons. The van der Waals surface area contributed by atoms with Gasteiger partial charge >= 0.3 is 0 Å². The maximum absolute atomic E-state index is 11.5. The minimum Gasteiger partial charge on any atom is -0.495 e. The lowest BCUT2D eigenvalue weighted by Crippen LogP contribution is -2.30. The van der Waals surface area contributed by atoms with Crippen molar-refractivity contribution >= 4 is 23.0 Å². The number of hydrogen-bond donors (Lipinski definition) is 1. The van der Waals surface area contributed by atoms with E-state index in [2.05, 4.69) is 28.2 Å². The highest BCUT2D eigenvalue weighted by Crippen LogP contribution is 2.42. The fourth-order valence-corrected chi connectivity index (χ4v) is 5.07. The second-order valence-electron chi connectivity index (χ2n) is 8.45. The average Bonchev–Trinajstić information content (AvgIpc) is 3.32. The zero-order valence-electron chi connectivity index (χ0n) is 19.8. The molecular formula is C25H29N5O3S. The molecule has 3 aromatic rings. The predicted octanol–water partition coefficient (Wildman–Crippen LogP) is 5.18. The van der Waals surface area contributed by atoms with Crippen molar-refractivity contribution < 1.29 is 9.66 Å². The van der Waals surface area contributed by atoms with E-state index in [-0.39, 0.29) is 22.7 Å². The van der Waals surface area contributed by atoms with Crippen LogP contribution in [0.3, 0.4) is 0 Å². The van der Waals surface area contributed by atoms with Crippen molar-refractivity contribution in [3.05, 3.63) is 81.4 Å². The molecule has 1 aromatic carbocycles. The van der Waals surface area contributed by atoms with Crippen LogP contribution >= 0.6 is 12.2 Å². The lowest BCUT2D eigenvalue weighted by molar-refractivity contribution is -0.384. The number of unbranched alkanes of at least 4 members (excludes halogenated alkanes) is 1. The third kappa shape index (κ3) is 4.23. The van der Waals surface area contributed by atoms with Gasteiger partial charge in [-0.05, 0) is 62.3 Å². The molecule has 0 saturated carbocycles. The van der Waals surface area contributed by atoms with Gasteiger partial charge in [0.15, 0.2) is 5.11 Å². The number of nitrogens with one attached hydrogen (secondary N) is 1. The monoisotopic (exact) mass is 479 g/mol. The van der Waals surface area contributed by atoms with Gasteiger partial charge in [-0.15, -0.1) is 0 Å². The maximum atomic E-state index is 11.5. The van der Waals surface area contributed by atoms with Crippen LogP contribution in [0.2, 0.25) is 0 Å². The average molecular weight is 480 g/mol. The summed E-state index contributed by atoms with van der Waals surface area (Å²) >= 11 is 5.75. The molecule has 1 saturated heterocycles. The molecule has 3 heterocycles. The number of hydrogen-bond acceptors (Lipinski definition) is 5. The number of nitro groups is 1. The molecule has 2 aromatic heterocycles. The standard InChI is InChI=1S/C25H29N5O3S/c1-5-6-13-28-24(23(27-25(28)34)20-9-7-8-12-26-20)19-14-16(2)29(17(19)3)21-15-18(30(31)32)10-11-22(21)33-4/h7-12,14-15,23-24H,5-6,13H2,1-4H3,(H,27,34)/t23-,24-/m0/s1. The number of nitro benzene ring substituents is 1. The SMILES string of the molecule is CCCCN1C(=S)N[C@@H](c2ccccn2)[C@@H]1c1cc(C)n(-c2cc([N+](=O)[O-])ccc2OC)c1C. The number of non-ortho nitro benzene ring substituents is 1. The lowest BCUT2D eigenvalue weighted by Gasteiger charge is -2.28. The normalized spacial score (nSPS) is 17.6. The van der Waals surface area contributed by atoms with Gasteiger partial charge in [-0.25, -0.2) is 0 Å². The minimum atomic E-state index is -0.388. The van der Waals surface area contributed by atoms with Crippen molar-refractivity contribution in [1.82, 2.24) is 19.8 Å². The van der Waals surface area contributed by atoms with Gasteiger partial charge in [0.1, 0.15) is 5.75 Å². The Morgan fingerprint density at radius 2 is 2.03 bits per heavy atom. The second-order valence-corrected chi connectivity index (χ2v) is 8.84. The van der Waals surface area contributed by atoms with Crippen LogP contribution in [0.25, 0.3) is 5.69 Å². The smallest absolute Gasteiger partial charge is 0.271 e. The summed E-state index contributed by atoms with van der Waals surface area (Å²) < 4.78 is 7.59. The molecule has 178 valence electrons. The van der Waals surface area contributed by atoms with Crippen LogP contribution < -0.4 is 10.1 Å². The molecular weight excluding hydrogens is 450 g/mol. The maximum Gasteiger partial charge on any atom is 0.271 e. The molecule has 9 heteroatoms. The highest BCUT2D eigenvalue weighted by atomic mass is 32.1. The van der Waals surface area contributed by atoms with E-state index < -0.39 is 0 Å². The molecule has 1 N–H and O–H groups in total. The molecule has 1 aliphatic rings. The van der Waals surface area contributed by atoms with Crippen molar-refractivity contribution in [2.75, 3.05) is 13.7 Å².